The molecule has 1 aromatic rings. The summed E-state index contributed by atoms with van der Waals surface area (Å²) < 4.78 is 2.23. The zero-order valence-corrected chi connectivity index (χ0v) is 15.7. The predicted octanol–water partition coefficient (Wildman–Crippen LogP) is 1.73. The van der Waals surface area contributed by atoms with Crippen LogP contribution in [0.15, 0.2) is 4.99 Å². The monoisotopic (exact) mass is 406 g/mol. The van der Waals surface area contributed by atoms with Crippen molar-refractivity contribution in [1.82, 2.24) is 25.4 Å². The van der Waals surface area contributed by atoms with Crippen LogP contribution in [0.5, 0.6) is 0 Å². The molecule has 0 aliphatic carbocycles. The van der Waals surface area contributed by atoms with Crippen molar-refractivity contribution in [1.29, 1.82) is 0 Å². The number of aromatic nitrogens is 3. The summed E-state index contributed by atoms with van der Waals surface area (Å²) in [6.45, 7) is 11.1. The van der Waals surface area contributed by atoms with Crippen LogP contribution < -0.4 is 10.6 Å². The van der Waals surface area contributed by atoms with E-state index in [-0.39, 0.29) is 24.0 Å². The zero-order valence-electron chi connectivity index (χ0n) is 13.4. The lowest BCUT2D eigenvalue weighted by Crippen LogP contribution is -2.41. The molecule has 0 saturated heterocycles. The molecule has 7 heteroatoms. The maximum atomic E-state index is 4.70. The molecule has 1 aromatic heterocycles. The van der Waals surface area contributed by atoms with Crippen molar-refractivity contribution >= 4 is 29.9 Å². The van der Waals surface area contributed by atoms with E-state index in [0.29, 0.717) is 12.0 Å². The fourth-order valence-corrected chi connectivity index (χ4v) is 2.49. The van der Waals surface area contributed by atoms with Gasteiger partial charge in [0.05, 0.1) is 0 Å². The molecular formula is C14H27IN6. The average Bonchev–Trinajstić information content (AvgIpc) is 2.77. The standard InChI is InChI=1S/C14H26N6.HI/c1-5-15-14(17-10(2)3)16-8-12-6-7-13-19-18-11(4)20(13)9-12;/h10,12H,5-9H2,1-4H3,(H2,15,16,17);1H. The molecule has 21 heavy (non-hydrogen) atoms. The quantitative estimate of drug-likeness (QED) is 0.454. The van der Waals surface area contributed by atoms with E-state index in [0.717, 1.165) is 50.1 Å². The van der Waals surface area contributed by atoms with E-state index in [2.05, 4.69) is 46.2 Å². The number of nitrogens with one attached hydrogen (secondary N) is 2. The molecule has 1 unspecified atom stereocenters. The van der Waals surface area contributed by atoms with Gasteiger partial charge in [-0.1, -0.05) is 0 Å². The normalized spacial score (nSPS) is 18.1. The summed E-state index contributed by atoms with van der Waals surface area (Å²) in [5.74, 6) is 3.62. The van der Waals surface area contributed by atoms with Gasteiger partial charge in [0, 0.05) is 32.1 Å². The molecule has 0 radical (unpaired) electrons. The minimum atomic E-state index is 0. The summed E-state index contributed by atoms with van der Waals surface area (Å²) in [4.78, 5) is 4.70. The summed E-state index contributed by atoms with van der Waals surface area (Å²) in [6, 6.07) is 0.394. The van der Waals surface area contributed by atoms with Crippen molar-refractivity contribution in [2.24, 2.45) is 10.9 Å². The number of fused-ring (bicyclic) bond motifs is 1. The lowest BCUT2D eigenvalue weighted by atomic mass is 9.99. The fraction of sp³-hybridized carbons (Fsp3) is 0.786. The minimum Gasteiger partial charge on any atom is -0.357 e. The first-order valence-corrected chi connectivity index (χ1v) is 7.53. The van der Waals surface area contributed by atoms with Gasteiger partial charge in [-0.05, 0) is 40.0 Å². The van der Waals surface area contributed by atoms with E-state index in [1.807, 2.05) is 6.92 Å². The number of rotatable bonds is 4. The van der Waals surface area contributed by atoms with Crippen molar-refractivity contribution in [3.8, 4) is 0 Å². The predicted molar refractivity (Wildman–Crippen MR) is 96.2 cm³/mol. The summed E-state index contributed by atoms with van der Waals surface area (Å²) in [5.41, 5.74) is 0. The SMILES string of the molecule is CCNC(=NCC1CCc2nnc(C)n2C1)NC(C)C.I. The van der Waals surface area contributed by atoms with Gasteiger partial charge in [-0.25, -0.2) is 0 Å². The zero-order chi connectivity index (χ0) is 14.5. The number of nitrogens with zero attached hydrogens (tertiary/aromatic N) is 4. The Morgan fingerprint density at radius 2 is 2.19 bits per heavy atom. The van der Waals surface area contributed by atoms with Crippen LogP contribution in [0.1, 0.15) is 38.8 Å². The number of aliphatic imine (C=N–C) groups is 1. The average molecular weight is 406 g/mol. The molecule has 120 valence electrons. The van der Waals surface area contributed by atoms with Crippen LogP contribution in [0.25, 0.3) is 0 Å². The first-order valence-electron chi connectivity index (χ1n) is 7.53. The summed E-state index contributed by atoms with van der Waals surface area (Å²) in [7, 11) is 0. The van der Waals surface area contributed by atoms with Crippen LogP contribution in [-0.2, 0) is 13.0 Å². The largest absolute Gasteiger partial charge is 0.357 e. The van der Waals surface area contributed by atoms with Crippen LogP contribution in [0, 0.1) is 12.8 Å². The number of guanidine groups is 1. The van der Waals surface area contributed by atoms with Crippen molar-refractivity contribution in [3.05, 3.63) is 11.6 Å². The van der Waals surface area contributed by atoms with Crippen molar-refractivity contribution in [2.75, 3.05) is 13.1 Å². The van der Waals surface area contributed by atoms with Gasteiger partial charge in [-0.3, -0.25) is 4.99 Å². The van der Waals surface area contributed by atoms with Crippen molar-refractivity contribution in [2.45, 2.75) is 53.1 Å². The number of halogens is 1. The maximum absolute atomic E-state index is 4.70. The Hall–Kier alpha value is -0.860. The Kier molecular flexibility index (Phi) is 7.41. The molecule has 0 spiro atoms. The highest BCUT2D eigenvalue weighted by atomic mass is 127. The number of aryl methyl sites for hydroxylation is 2. The third-order valence-corrected chi connectivity index (χ3v) is 3.51. The maximum Gasteiger partial charge on any atom is 0.191 e. The molecule has 1 aliphatic rings. The van der Waals surface area contributed by atoms with Gasteiger partial charge in [0.25, 0.3) is 0 Å². The second kappa shape index (κ2) is 8.55. The second-order valence-corrected chi connectivity index (χ2v) is 5.70. The van der Waals surface area contributed by atoms with Gasteiger partial charge < -0.3 is 15.2 Å². The van der Waals surface area contributed by atoms with Crippen LogP contribution in [0.2, 0.25) is 0 Å². The molecule has 0 fully saturated rings. The number of hydrogen-bond donors (Lipinski definition) is 2. The van der Waals surface area contributed by atoms with Crippen LogP contribution >= 0.6 is 24.0 Å². The first kappa shape index (κ1) is 18.2. The van der Waals surface area contributed by atoms with E-state index in [1.165, 1.54) is 0 Å². The Morgan fingerprint density at radius 1 is 1.43 bits per heavy atom. The Morgan fingerprint density at radius 3 is 2.86 bits per heavy atom. The van der Waals surface area contributed by atoms with Crippen LogP contribution in [-0.4, -0.2) is 39.9 Å². The lowest BCUT2D eigenvalue weighted by Gasteiger charge is -2.23. The second-order valence-electron chi connectivity index (χ2n) is 5.70. The molecule has 2 rings (SSSR count). The van der Waals surface area contributed by atoms with E-state index in [1.54, 1.807) is 0 Å². The molecular weight excluding hydrogens is 379 g/mol. The van der Waals surface area contributed by atoms with Crippen LogP contribution in [0.4, 0.5) is 0 Å². The van der Waals surface area contributed by atoms with Crippen molar-refractivity contribution in [3.63, 3.8) is 0 Å². The third-order valence-electron chi connectivity index (χ3n) is 3.51. The number of hydrogen-bond acceptors (Lipinski definition) is 3. The highest BCUT2D eigenvalue weighted by molar-refractivity contribution is 14.0. The van der Waals surface area contributed by atoms with Crippen molar-refractivity contribution < 1.29 is 0 Å². The smallest absolute Gasteiger partial charge is 0.191 e. The molecule has 2 heterocycles. The van der Waals surface area contributed by atoms with Gasteiger partial charge in [0.15, 0.2) is 5.96 Å². The lowest BCUT2D eigenvalue weighted by molar-refractivity contribution is 0.369. The van der Waals surface area contributed by atoms with E-state index in [9.17, 15) is 0 Å². The minimum absolute atomic E-state index is 0. The Labute approximate surface area is 144 Å². The molecule has 0 saturated carbocycles. The van der Waals surface area contributed by atoms with Gasteiger partial charge in [-0.15, -0.1) is 34.2 Å². The van der Waals surface area contributed by atoms with Gasteiger partial charge in [-0.2, -0.15) is 0 Å². The van der Waals surface area contributed by atoms with Gasteiger partial charge in [0.1, 0.15) is 11.6 Å². The molecule has 0 aromatic carbocycles. The van der Waals surface area contributed by atoms with Gasteiger partial charge >= 0.3 is 0 Å². The molecule has 6 nitrogen and oxygen atoms in total. The Bertz CT molecular complexity index is 468. The first-order chi connectivity index (χ1) is 9.60. The highest BCUT2D eigenvalue weighted by Crippen LogP contribution is 2.19. The topological polar surface area (TPSA) is 67.1 Å². The van der Waals surface area contributed by atoms with Crippen LogP contribution in [0.3, 0.4) is 0 Å². The molecule has 0 bridgehead atoms. The summed E-state index contributed by atoms with van der Waals surface area (Å²) >= 11 is 0. The molecule has 0 amide bonds. The van der Waals surface area contributed by atoms with E-state index < -0.39 is 0 Å². The summed E-state index contributed by atoms with van der Waals surface area (Å²) in [5, 5.41) is 15.0. The third kappa shape index (κ3) is 5.12. The molecule has 1 aliphatic heterocycles. The van der Waals surface area contributed by atoms with E-state index >= 15 is 0 Å². The Balaban J connectivity index is 0.00000220. The highest BCUT2D eigenvalue weighted by Gasteiger charge is 2.21. The molecule has 2 N–H and O–H groups in total. The molecule has 1 atom stereocenters. The van der Waals surface area contributed by atoms with E-state index in [4.69, 9.17) is 4.99 Å². The summed E-state index contributed by atoms with van der Waals surface area (Å²) in [6.07, 6.45) is 2.15. The van der Waals surface area contributed by atoms with Gasteiger partial charge in [0.2, 0.25) is 0 Å². The fourth-order valence-electron chi connectivity index (χ4n) is 2.49.